The number of imidazole rings is 1. The minimum Gasteiger partial charge on any atom is -0.508 e. The lowest BCUT2D eigenvalue weighted by atomic mass is 9.86. The SMILES string of the molecule is CC[C@@]1(O)C(=O)OCc2c1cc1n(c2=O)Cc2cc3c(CN(C)C)c(O)ccc3nc2-1.Cc1cncc(-c2nc(NCCc3c[nH]c4ccccc34)c3ncn(C(C)C)c3n2)c1. The smallest absolute Gasteiger partial charge is 0.343 e. The molecule has 15 heteroatoms. The van der Waals surface area contributed by atoms with Crippen LogP contribution < -0.4 is 10.9 Å². The topological polar surface area (TPSA) is 189 Å². The molecule has 10 rings (SSSR count). The van der Waals surface area contributed by atoms with Crippen molar-refractivity contribution in [2.45, 2.75) is 71.9 Å². The Balaban J connectivity index is 0.000000158. The molecule has 2 aromatic carbocycles. The van der Waals surface area contributed by atoms with E-state index >= 15 is 0 Å². The van der Waals surface area contributed by atoms with Gasteiger partial charge in [0.05, 0.1) is 35.3 Å². The summed E-state index contributed by atoms with van der Waals surface area (Å²) in [4.78, 5) is 54.2. The zero-order valence-electron chi connectivity index (χ0n) is 35.5. The number of carbonyl (C=O) groups excluding carboxylic acids is 1. The third-order valence-electron chi connectivity index (χ3n) is 11.7. The first kappa shape index (κ1) is 40.4. The highest BCUT2D eigenvalue weighted by Gasteiger charge is 2.45. The first-order valence-electron chi connectivity index (χ1n) is 20.8. The highest BCUT2D eigenvalue weighted by Crippen LogP contribution is 2.40. The van der Waals surface area contributed by atoms with Crippen LogP contribution in [0.1, 0.15) is 66.6 Å². The lowest BCUT2D eigenvalue weighted by Gasteiger charge is -2.31. The van der Waals surface area contributed by atoms with Crippen LogP contribution in [0.3, 0.4) is 0 Å². The van der Waals surface area contributed by atoms with Gasteiger partial charge in [-0.3, -0.25) is 9.78 Å². The number of para-hydroxylation sites is 1. The van der Waals surface area contributed by atoms with E-state index in [1.807, 2.05) is 50.6 Å². The van der Waals surface area contributed by atoms with Gasteiger partial charge in [0, 0.05) is 76.3 Å². The van der Waals surface area contributed by atoms with Crippen LogP contribution in [0.25, 0.3) is 55.7 Å². The van der Waals surface area contributed by atoms with Gasteiger partial charge in [-0.15, -0.1) is 0 Å². The first-order chi connectivity index (χ1) is 29.8. The number of aromatic nitrogens is 8. The highest BCUT2D eigenvalue weighted by molar-refractivity contribution is 5.90. The molecule has 6 aromatic heterocycles. The summed E-state index contributed by atoms with van der Waals surface area (Å²) in [5.74, 6) is 0.872. The van der Waals surface area contributed by atoms with Gasteiger partial charge >= 0.3 is 5.97 Å². The number of carbonyl (C=O) groups is 1. The molecule has 15 nitrogen and oxygen atoms in total. The molecular formula is C47H48N10O5. The lowest BCUT2D eigenvalue weighted by Crippen LogP contribution is -2.44. The van der Waals surface area contributed by atoms with Crippen molar-refractivity contribution in [2.24, 2.45) is 0 Å². The molecule has 316 valence electrons. The molecule has 0 radical (unpaired) electrons. The van der Waals surface area contributed by atoms with E-state index < -0.39 is 11.6 Å². The summed E-state index contributed by atoms with van der Waals surface area (Å²) in [6.07, 6.45) is 8.54. The second kappa shape index (κ2) is 15.8. The summed E-state index contributed by atoms with van der Waals surface area (Å²) in [6.45, 7) is 9.43. The lowest BCUT2D eigenvalue weighted by molar-refractivity contribution is -0.172. The maximum atomic E-state index is 13.2. The third kappa shape index (κ3) is 7.02. The predicted molar refractivity (Wildman–Crippen MR) is 238 cm³/mol. The van der Waals surface area contributed by atoms with Crippen molar-refractivity contribution in [1.82, 2.24) is 43.9 Å². The fourth-order valence-corrected chi connectivity index (χ4v) is 8.46. The van der Waals surface area contributed by atoms with Gasteiger partial charge in [-0.1, -0.05) is 25.1 Å². The van der Waals surface area contributed by atoms with Crippen molar-refractivity contribution in [3.05, 3.63) is 123 Å². The number of hydrogen-bond acceptors (Lipinski definition) is 12. The number of esters is 1. The van der Waals surface area contributed by atoms with Crippen LogP contribution in [-0.4, -0.2) is 80.8 Å². The molecule has 0 saturated carbocycles. The van der Waals surface area contributed by atoms with Crippen molar-refractivity contribution in [3.8, 4) is 28.5 Å². The van der Waals surface area contributed by atoms with Gasteiger partial charge in [0.1, 0.15) is 17.9 Å². The fourth-order valence-electron chi connectivity index (χ4n) is 8.46. The Morgan fingerprint density at radius 3 is 2.63 bits per heavy atom. The van der Waals surface area contributed by atoms with E-state index in [0.717, 1.165) is 63.1 Å². The number of phenolic OH excluding ortho intramolecular Hbond substituents is 1. The zero-order chi connectivity index (χ0) is 43.4. The zero-order valence-corrected chi connectivity index (χ0v) is 35.5. The van der Waals surface area contributed by atoms with Crippen LogP contribution in [0.4, 0.5) is 5.82 Å². The molecule has 0 bridgehead atoms. The van der Waals surface area contributed by atoms with Gasteiger partial charge in [-0.2, -0.15) is 0 Å². The fraction of sp³-hybridized carbons (Fsp3) is 0.298. The summed E-state index contributed by atoms with van der Waals surface area (Å²) in [7, 11) is 3.86. The number of anilines is 1. The number of rotatable bonds is 9. The Kier molecular flexibility index (Phi) is 10.3. The maximum Gasteiger partial charge on any atom is 0.343 e. The number of pyridine rings is 3. The Labute approximate surface area is 357 Å². The Hall–Kier alpha value is -6.97. The van der Waals surface area contributed by atoms with Gasteiger partial charge in [0.15, 0.2) is 22.9 Å². The molecular weight excluding hydrogens is 785 g/mol. The molecule has 0 unspecified atom stereocenters. The minimum atomic E-state index is -1.84. The molecule has 0 amide bonds. The van der Waals surface area contributed by atoms with Crippen molar-refractivity contribution in [3.63, 3.8) is 0 Å². The van der Waals surface area contributed by atoms with Gasteiger partial charge < -0.3 is 39.3 Å². The Bertz CT molecular complexity index is 3110. The van der Waals surface area contributed by atoms with E-state index in [-0.39, 0.29) is 30.4 Å². The number of phenols is 1. The van der Waals surface area contributed by atoms with Crippen LogP contribution in [0, 0.1) is 6.92 Å². The summed E-state index contributed by atoms with van der Waals surface area (Å²) < 4.78 is 8.79. The van der Waals surface area contributed by atoms with Crippen LogP contribution in [0.5, 0.6) is 5.75 Å². The number of aromatic amines is 1. The molecule has 0 fully saturated rings. The van der Waals surface area contributed by atoms with Crippen molar-refractivity contribution < 1.29 is 19.7 Å². The monoisotopic (exact) mass is 832 g/mol. The number of aromatic hydroxyl groups is 1. The number of aryl methyl sites for hydroxylation is 1. The number of hydrogen-bond donors (Lipinski definition) is 4. The first-order valence-corrected chi connectivity index (χ1v) is 20.8. The molecule has 0 spiro atoms. The number of nitrogens with one attached hydrogen (secondary N) is 2. The number of nitrogens with zero attached hydrogens (tertiary/aromatic N) is 8. The predicted octanol–water partition coefficient (Wildman–Crippen LogP) is 6.76. The average Bonchev–Trinajstić information content (AvgIpc) is 3.99. The van der Waals surface area contributed by atoms with E-state index in [2.05, 4.69) is 69.1 Å². The van der Waals surface area contributed by atoms with Gasteiger partial charge in [-0.25, -0.2) is 24.7 Å². The highest BCUT2D eigenvalue weighted by atomic mass is 16.6. The second-order valence-corrected chi connectivity index (χ2v) is 16.6. The summed E-state index contributed by atoms with van der Waals surface area (Å²) in [6, 6.07) is 17.7. The van der Waals surface area contributed by atoms with Crippen molar-refractivity contribution >= 4 is 44.8 Å². The van der Waals surface area contributed by atoms with E-state index in [4.69, 9.17) is 19.7 Å². The average molecular weight is 833 g/mol. The molecule has 8 aromatic rings. The van der Waals surface area contributed by atoms with Crippen molar-refractivity contribution in [1.29, 1.82) is 0 Å². The van der Waals surface area contributed by atoms with Crippen LogP contribution in [0.15, 0.2) is 84.3 Å². The molecule has 2 aliphatic heterocycles. The largest absolute Gasteiger partial charge is 0.508 e. The number of fused-ring (bicyclic) bond motifs is 7. The van der Waals surface area contributed by atoms with E-state index in [9.17, 15) is 19.8 Å². The van der Waals surface area contributed by atoms with Gasteiger partial charge in [0.2, 0.25) is 0 Å². The summed E-state index contributed by atoms with van der Waals surface area (Å²) in [5, 5.41) is 26.9. The van der Waals surface area contributed by atoms with E-state index in [1.54, 1.807) is 35.9 Å². The standard InChI is InChI=1S/C24H25N7.C23H23N3O5/c1-15(2)31-14-28-21-23(26-9-8-17-13-27-20-7-5-4-6-19(17)20)29-22(30-24(21)31)18-10-16(3)11-25-12-18;1-4-23(30)16-8-18-20-12(9-26(18)21(28)15(16)11-31-22(23)29)7-13-14(10-25(2)3)19(27)6-5-17(13)24-20/h4-7,10-15,27H,8-9H2,1-3H3,(H,26,29,30);5-8,27,30H,4,9-11H2,1-3H3/t;23-/m.0/s1. The number of ether oxygens (including phenoxy) is 1. The summed E-state index contributed by atoms with van der Waals surface area (Å²) >= 11 is 0. The summed E-state index contributed by atoms with van der Waals surface area (Å²) in [5.41, 5.74) is 8.07. The molecule has 8 heterocycles. The van der Waals surface area contributed by atoms with Crippen LogP contribution in [0.2, 0.25) is 0 Å². The number of aliphatic hydroxyl groups is 1. The number of benzene rings is 2. The number of cyclic esters (lactones) is 1. The molecule has 0 aliphatic carbocycles. The maximum absolute atomic E-state index is 13.2. The van der Waals surface area contributed by atoms with Crippen molar-refractivity contribution in [2.75, 3.05) is 26.0 Å². The van der Waals surface area contributed by atoms with Crippen LogP contribution in [-0.2, 0) is 41.2 Å². The molecule has 62 heavy (non-hydrogen) atoms. The van der Waals surface area contributed by atoms with Crippen LogP contribution >= 0.6 is 0 Å². The van der Waals surface area contributed by atoms with E-state index in [1.165, 1.54) is 10.9 Å². The Morgan fingerprint density at radius 2 is 1.85 bits per heavy atom. The second-order valence-electron chi connectivity index (χ2n) is 16.6. The normalized spacial score (nSPS) is 15.5. The van der Waals surface area contributed by atoms with Gasteiger partial charge in [-0.05, 0) is 95.2 Å². The molecule has 4 N–H and O–H groups in total. The number of H-pyrrole nitrogens is 1. The van der Waals surface area contributed by atoms with Gasteiger partial charge in [0.25, 0.3) is 5.56 Å². The minimum absolute atomic E-state index is 0.104. The quantitative estimate of drug-likeness (QED) is 0.112. The third-order valence-corrected chi connectivity index (χ3v) is 11.7. The Morgan fingerprint density at radius 1 is 1.03 bits per heavy atom. The van der Waals surface area contributed by atoms with E-state index in [0.29, 0.717) is 46.9 Å². The molecule has 1 atom stereocenters. The molecule has 2 aliphatic rings. The molecule has 0 saturated heterocycles.